The van der Waals surface area contributed by atoms with Crippen LogP contribution in [0.1, 0.15) is 48.4 Å². The van der Waals surface area contributed by atoms with Gasteiger partial charge >= 0.3 is 0 Å². The molecular weight excluding hydrogens is 402 g/mol. The van der Waals surface area contributed by atoms with Gasteiger partial charge in [-0.3, -0.25) is 4.79 Å². The lowest BCUT2D eigenvalue weighted by molar-refractivity contribution is 0.0603. The summed E-state index contributed by atoms with van der Waals surface area (Å²) in [4.78, 5) is 17.4. The Morgan fingerprint density at radius 1 is 1.22 bits per heavy atom. The Balaban J connectivity index is 1.47. The van der Waals surface area contributed by atoms with Gasteiger partial charge in [0, 0.05) is 34.2 Å². The molecule has 1 aliphatic carbocycles. The molecule has 3 N–H and O–H groups in total. The number of carbonyl (C=O) groups excluding carboxylic acids is 1. The molecule has 6 heteroatoms. The second-order valence-electron chi connectivity index (χ2n) is 9.02. The van der Waals surface area contributed by atoms with Crippen LogP contribution in [-0.2, 0) is 6.54 Å². The second-order valence-corrected chi connectivity index (χ2v) is 9.02. The highest BCUT2D eigenvalue weighted by Crippen LogP contribution is 2.39. The Hall–Kier alpha value is -3.12. The van der Waals surface area contributed by atoms with Crippen LogP contribution in [0, 0.1) is 18.3 Å². The molecule has 0 aliphatic heterocycles. The summed E-state index contributed by atoms with van der Waals surface area (Å²) in [6.07, 6.45) is 7.35. The van der Waals surface area contributed by atoms with E-state index in [0.717, 1.165) is 35.1 Å². The molecule has 0 saturated carbocycles. The molecule has 1 aromatic carbocycles. The predicted molar refractivity (Wildman–Crippen MR) is 126 cm³/mol. The van der Waals surface area contributed by atoms with Crippen LogP contribution in [0.5, 0.6) is 0 Å². The molecule has 1 amide bonds. The van der Waals surface area contributed by atoms with E-state index in [1.54, 1.807) is 18.3 Å². The minimum Gasteiger partial charge on any atom is -0.459 e. The van der Waals surface area contributed by atoms with Crippen molar-refractivity contribution in [2.45, 2.75) is 46.2 Å². The standard InChI is InChI=1S/C26H31N3O3/c1-17(2)24(26(16-30)11-6-7-12-26)29-25(31)19-10-13-27-23(14-19)28-15-22-18(3)20-8-4-5-9-21(20)32-22/h4-10,13-14,17,24,30H,11-12,15-16H2,1-3H3,(H,27,28)(H,29,31). The van der Waals surface area contributed by atoms with E-state index in [9.17, 15) is 9.90 Å². The van der Waals surface area contributed by atoms with E-state index < -0.39 is 0 Å². The topological polar surface area (TPSA) is 87.4 Å². The van der Waals surface area contributed by atoms with Gasteiger partial charge in [-0.25, -0.2) is 4.98 Å². The average Bonchev–Trinajstić information content (AvgIpc) is 3.41. The molecular formula is C26H31N3O3. The van der Waals surface area contributed by atoms with E-state index >= 15 is 0 Å². The number of aliphatic hydroxyl groups is 1. The number of rotatable bonds is 8. The number of fused-ring (bicyclic) bond motifs is 1. The van der Waals surface area contributed by atoms with Crippen molar-refractivity contribution in [1.29, 1.82) is 0 Å². The fourth-order valence-electron chi connectivity index (χ4n) is 4.69. The number of carbonyl (C=O) groups is 1. The zero-order valence-electron chi connectivity index (χ0n) is 18.9. The Morgan fingerprint density at radius 3 is 2.66 bits per heavy atom. The van der Waals surface area contributed by atoms with E-state index in [-0.39, 0.29) is 29.9 Å². The SMILES string of the molecule is Cc1c(CNc2cc(C(=O)NC(C(C)C)C3(CO)CC=CC3)ccn2)oc2ccccc12. The summed E-state index contributed by atoms with van der Waals surface area (Å²) in [5.74, 6) is 1.50. The maximum atomic E-state index is 13.1. The Kier molecular flexibility index (Phi) is 6.33. The lowest BCUT2D eigenvalue weighted by Crippen LogP contribution is -2.51. The number of para-hydroxylation sites is 1. The fourth-order valence-corrected chi connectivity index (χ4v) is 4.69. The van der Waals surface area contributed by atoms with Crippen LogP contribution in [0.15, 0.2) is 59.2 Å². The monoisotopic (exact) mass is 433 g/mol. The fraction of sp³-hybridized carbons (Fsp3) is 0.385. The van der Waals surface area contributed by atoms with Gasteiger partial charge in [0.2, 0.25) is 0 Å². The summed E-state index contributed by atoms with van der Waals surface area (Å²) >= 11 is 0. The minimum absolute atomic E-state index is 0.0448. The lowest BCUT2D eigenvalue weighted by Gasteiger charge is -2.39. The zero-order valence-corrected chi connectivity index (χ0v) is 18.9. The number of furan rings is 1. The summed E-state index contributed by atoms with van der Waals surface area (Å²) < 4.78 is 5.96. The van der Waals surface area contributed by atoms with Crippen LogP contribution in [0.2, 0.25) is 0 Å². The number of pyridine rings is 1. The molecule has 1 aliphatic rings. The third kappa shape index (κ3) is 4.28. The van der Waals surface area contributed by atoms with Crippen molar-refractivity contribution in [1.82, 2.24) is 10.3 Å². The van der Waals surface area contributed by atoms with Gasteiger partial charge in [0.05, 0.1) is 13.2 Å². The number of hydrogen-bond acceptors (Lipinski definition) is 5. The molecule has 2 aromatic heterocycles. The van der Waals surface area contributed by atoms with Crippen molar-refractivity contribution >= 4 is 22.7 Å². The van der Waals surface area contributed by atoms with Crippen LogP contribution in [0.3, 0.4) is 0 Å². The van der Waals surface area contributed by atoms with E-state index in [0.29, 0.717) is 17.9 Å². The number of allylic oxidation sites excluding steroid dienone is 2. The number of hydrogen-bond donors (Lipinski definition) is 3. The first kappa shape index (κ1) is 22.1. The predicted octanol–water partition coefficient (Wildman–Crippen LogP) is 4.83. The van der Waals surface area contributed by atoms with Gasteiger partial charge in [-0.2, -0.15) is 0 Å². The van der Waals surface area contributed by atoms with E-state index in [1.807, 2.05) is 31.2 Å². The van der Waals surface area contributed by atoms with Gasteiger partial charge in [-0.15, -0.1) is 0 Å². The molecule has 1 unspecified atom stereocenters. The molecule has 0 fully saturated rings. The number of aryl methyl sites for hydroxylation is 1. The number of benzene rings is 1. The Bertz CT molecular complexity index is 1120. The van der Waals surface area contributed by atoms with Gasteiger partial charge in [-0.05, 0) is 43.9 Å². The number of aliphatic hydroxyl groups excluding tert-OH is 1. The maximum Gasteiger partial charge on any atom is 0.251 e. The first-order chi connectivity index (χ1) is 15.4. The zero-order chi connectivity index (χ0) is 22.7. The third-order valence-corrected chi connectivity index (χ3v) is 6.54. The van der Waals surface area contributed by atoms with Gasteiger partial charge in [0.25, 0.3) is 5.91 Å². The summed E-state index contributed by atoms with van der Waals surface area (Å²) in [6, 6.07) is 11.3. The van der Waals surface area contributed by atoms with Crippen molar-refractivity contribution in [3.05, 3.63) is 71.6 Å². The first-order valence-corrected chi connectivity index (χ1v) is 11.2. The van der Waals surface area contributed by atoms with Crippen molar-refractivity contribution in [3.8, 4) is 0 Å². The van der Waals surface area contributed by atoms with Crippen LogP contribution >= 0.6 is 0 Å². The van der Waals surface area contributed by atoms with Crippen LogP contribution in [0.25, 0.3) is 11.0 Å². The van der Waals surface area contributed by atoms with E-state index in [1.165, 1.54) is 0 Å². The number of anilines is 1. The van der Waals surface area contributed by atoms with Crippen molar-refractivity contribution in [3.63, 3.8) is 0 Å². The molecule has 1 atom stereocenters. The van der Waals surface area contributed by atoms with Crippen molar-refractivity contribution in [2.24, 2.45) is 11.3 Å². The van der Waals surface area contributed by atoms with E-state index in [4.69, 9.17) is 4.42 Å². The minimum atomic E-state index is -0.337. The van der Waals surface area contributed by atoms with Crippen molar-refractivity contribution in [2.75, 3.05) is 11.9 Å². The molecule has 32 heavy (non-hydrogen) atoms. The molecule has 0 spiro atoms. The quantitative estimate of drug-likeness (QED) is 0.443. The van der Waals surface area contributed by atoms with Gasteiger partial charge in [0.15, 0.2) is 0 Å². The Morgan fingerprint density at radius 2 is 1.97 bits per heavy atom. The second kappa shape index (κ2) is 9.17. The maximum absolute atomic E-state index is 13.1. The third-order valence-electron chi connectivity index (χ3n) is 6.54. The first-order valence-electron chi connectivity index (χ1n) is 11.2. The summed E-state index contributed by atoms with van der Waals surface area (Å²) in [5, 5.41) is 17.7. The number of aromatic nitrogens is 1. The lowest BCUT2D eigenvalue weighted by atomic mass is 9.73. The molecule has 3 aromatic rings. The molecule has 2 heterocycles. The summed E-state index contributed by atoms with van der Waals surface area (Å²) in [6.45, 7) is 6.72. The summed E-state index contributed by atoms with van der Waals surface area (Å²) in [7, 11) is 0. The van der Waals surface area contributed by atoms with Gasteiger partial charge < -0.3 is 20.2 Å². The Labute approximate surface area is 188 Å². The molecule has 6 nitrogen and oxygen atoms in total. The highest BCUT2D eigenvalue weighted by Gasteiger charge is 2.41. The number of nitrogens with zero attached hydrogens (tertiary/aromatic N) is 1. The molecule has 0 saturated heterocycles. The summed E-state index contributed by atoms with van der Waals surface area (Å²) in [5.41, 5.74) is 2.16. The largest absolute Gasteiger partial charge is 0.459 e. The molecule has 168 valence electrons. The van der Waals surface area contributed by atoms with Crippen LogP contribution in [0.4, 0.5) is 5.82 Å². The van der Waals surface area contributed by atoms with Crippen molar-refractivity contribution < 1.29 is 14.3 Å². The van der Waals surface area contributed by atoms with Crippen LogP contribution < -0.4 is 10.6 Å². The van der Waals surface area contributed by atoms with Crippen LogP contribution in [-0.4, -0.2) is 28.6 Å². The molecule has 0 bridgehead atoms. The average molecular weight is 434 g/mol. The normalized spacial score (nSPS) is 15.9. The highest BCUT2D eigenvalue weighted by molar-refractivity contribution is 5.95. The number of amides is 1. The number of nitrogens with one attached hydrogen (secondary N) is 2. The van der Waals surface area contributed by atoms with E-state index in [2.05, 4.69) is 41.6 Å². The van der Waals surface area contributed by atoms with Gasteiger partial charge in [0.1, 0.15) is 17.2 Å². The highest BCUT2D eigenvalue weighted by atomic mass is 16.3. The molecule has 0 radical (unpaired) electrons. The van der Waals surface area contributed by atoms with Gasteiger partial charge in [-0.1, -0.05) is 44.2 Å². The smallest absolute Gasteiger partial charge is 0.251 e. The molecule has 4 rings (SSSR count).